The fourth-order valence-corrected chi connectivity index (χ4v) is 4.27. The summed E-state index contributed by atoms with van der Waals surface area (Å²) < 4.78 is 40.8. The summed E-state index contributed by atoms with van der Waals surface area (Å²) in [5.74, 6) is -1.73. The van der Waals surface area contributed by atoms with Crippen molar-refractivity contribution in [2.75, 3.05) is 23.7 Å². The van der Waals surface area contributed by atoms with Gasteiger partial charge >= 0.3 is 0 Å². The van der Waals surface area contributed by atoms with Gasteiger partial charge in [-0.1, -0.05) is 53.5 Å². The number of carbonyl (C=O) groups is 2. The number of nitrogens with zero attached hydrogens (tertiary/aromatic N) is 2. The van der Waals surface area contributed by atoms with Crippen LogP contribution in [0, 0.1) is 5.82 Å². The van der Waals surface area contributed by atoms with Gasteiger partial charge in [0.1, 0.15) is 18.4 Å². The van der Waals surface area contributed by atoms with Crippen molar-refractivity contribution in [3.63, 3.8) is 0 Å². The highest BCUT2D eigenvalue weighted by atomic mass is 79.9. The van der Waals surface area contributed by atoms with Gasteiger partial charge in [0.05, 0.1) is 11.9 Å². The summed E-state index contributed by atoms with van der Waals surface area (Å²) in [7, 11) is -3.97. The van der Waals surface area contributed by atoms with Gasteiger partial charge in [0.15, 0.2) is 0 Å². The van der Waals surface area contributed by atoms with E-state index in [0.29, 0.717) is 6.54 Å². The van der Waals surface area contributed by atoms with Crippen LogP contribution in [-0.4, -0.2) is 50.5 Å². The molecule has 0 radical (unpaired) electrons. The van der Waals surface area contributed by atoms with Crippen LogP contribution in [0.4, 0.5) is 10.1 Å². The van der Waals surface area contributed by atoms with Crippen LogP contribution in [0.3, 0.4) is 0 Å². The van der Waals surface area contributed by atoms with E-state index in [1.165, 1.54) is 23.1 Å². The van der Waals surface area contributed by atoms with Gasteiger partial charge in [-0.3, -0.25) is 13.9 Å². The number of carbonyl (C=O) groups excluding carboxylic acids is 2. The number of halogens is 2. The summed E-state index contributed by atoms with van der Waals surface area (Å²) in [6.45, 7) is 3.52. The first kappa shape index (κ1) is 26.8. The van der Waals surface area contributed by atoms with Gasteiger partial charge in [-0.25, -0.2) is 12.8 Å². The largest absolute Gasteiger partial charge is 0.354 e. The molecule has 1 N–H and O–H groups in total. The molecule has 0 bridgehead atoms. The predicted molar refractivity (Wildman–Crippen MR) is 131 cm³/mol. The first-order valence-electron chi connectivity index (χ1n) is 10.6. The fourth-order valence-electron chi connectivity index (χ4n) is 3.15. The van der Waals surface area contributed by atoms with Crippen LogP contribution in [0.15, 0.2) is 53.0 Å². The van der Waals surface area contributed by atoms with Crippen molar-refractivity contribution < 1.29 is 22.4 Å². The molecule has 0 saturated carbocycles. The van der Waals surface area contributed by atoms with Crippen molar-refractivity contribution in [3.05, 3.63) is 64.4 Å². The summed E-state index contributed by atoms with van der Waals surface area (Å²) in [5, 5.41) is 2.81. The van der Waals surface area contributed by atoms with Gasteiger partial charge in [-0.05, 0) is 43.2 Å². The third-order valence-electron chi connectivity index (χ3n) is 5.06. The van der Waals surface area contributed by atoms with Gasteiger partial charge in [0, 0.05) is 17.6 Å². The molecule has 1 atom stereocenters. The lowest BCUT2D eigenvalue weighted by molar-refractivity contribution is -0.139. The minimum Gasteiger partial charge on any atom is -0.354 e. The van der Waals surface area contributed by atoms with E-state index in [1.54, 1.807) is 19.1 Å². The number of anilines is 1. The van der Waals surface area contributed by atoms with E-state index in [-0.39, 0.29) is 18.1 Å². The Kier molecular flexibility index (Phi) is 9.85. The first-order valence-corrected chi connectivity index (χ1v) is 13.2. The van der Waals surface area contributed by atoms with Crippen molar-refractivity contribution in [3.8, 4) is 0 Å². The molecule has 0 unspecified atom stereocenters. The Morgan fingerprint density at radius 1 is 1.12 bits per heavy atom. The van der Waals surface area contributed by atoms with Crippen molar-refractivity contribution >= 4 is 43.5 Å². The maximum atomic E-state index is 14.4. The molecule has 0 aliphatic heterocycles. The number of benzene rings is 2. The molecule has 0 aliphatic carbocycles. The van der Waals surface area contributed by atoms with E-state index < -0.39 is 34.3 Å². The SMILES string of the molecule is CCCCNC(=O)[C@H](C)N(Cc1ccc(Br)cc1)C(=O)CN(c1ccccc1F)S(C)(=O)=O. The van der Waals surface area contributed by atoms with E-state index in [0.717, 1.165) is 39.5 Å². The smallest absolute Gasteiger partial charge is 0.244 e. The number of unbranched alkanes of at least 4 members (excludes halogenated alkanes) is 1. The predicted octanol–water partition coefficient (Wildman–Crippen LogP) is 3.69. The monoisotopic (exact) mass is 541 g/mol. The molecule has 0 spiro atoms. The molecule has 0 aliphatic rings. The molecule has 2 aromatic rings. The summed E-state index contributed by atoms with van der Waals surface area (Å²) in [6, 6.07) is 11.7. The fraction of sp³-hybridized carbons (Fsp3) is 0.391. The zero-order valence-electron chi connectivity index (χ0n) is 18.9. The van der Waals surface area contributed by atoms with Crippen LogP contribution in [0.5, 0.6) is 0 Å². The Hall–Kier alpha value is -2.46. The number of hydrogen-bond donors (Lipinski definition) is 1. The van der Waals surface area contributed by atoms with E-state index in [2.05, 4.69) is 21.2 Å². The van der Waals surface area contributed by atoms with Gasteiger partial charge in [-0.15, -0.1) is 0 Å². The highest BCUT2D eigenvalue weighted by molar-refractivity contribution is 9.10. The second kappa shape index (κ2) is 12.1. The van der Waals surface area contributed by atoms with Crippen LogP contribution in [0.25, 0.3) is 0 Å². The molecule has 0 saturated heterocycles. The Morgan fingerprint density at radius 2 is 1.76 bits per heavy atom. The van der Waals surface area contributed by atoms with Gasteiger partial charge in [-0.2, -0.15) is 0 Å². The molecule has 33 heavy (non-hydrogen) atoms. The molecule has 2 amide bonds. The quantitative estimate of drug-likeness (QED) is 0.439. The number of rotatable bonds is 11. The average Bonchev–Trinajstić information content (AvgIpc) is 2.76. The minimum absolute atomic E-state index is 0.0867. The maximum absolute atomic E-state index is 14.4. The Morgan fingerprint density at radius 3 is 2.33 bits per heavy atom. The van der Waals surface area contributed by atoms with Crippen LogP contribution >= 0.6 is 15.9 Å². The molecular formula is C23H29BrFN3O4S. The molecule has 0 aromatic heterocycles. The molecular weight excluding hydrogens is 513 g/mol. The highest BCUT2D eigenvalue weighted by Crippen LogP contribution is 2.22. The van der Waals surface area contributed by atoms with Gasteiger partial charge in [0.25, 0.3) is 0 Å². The summed E-state index contributed by atoms with van der Waals surface area (Å²) in [5.41, 5.74) is 0.536. The zero-order chi connectivity index (χ0) is 24.6. The Labute approximate surface area is 203 Å². The molecule has 10 heteroatoms. The number of sulfonamides is 1. The summed E-state index contributed by atoms with van der Waals surface area (Å²) in [6.07, 6.45) is 2.61. The first-order chi connectivity index (χ1) is 15.5. The molecule has 0 fully saturated rings. The zero-order valence-corrected chi connectivity index (χ0v) is 21.3. The van der Waals surface area contributed by atoms with E-state index >= 15 is 0 Å². The van der Waals surface area contributed by atoms with Crippen LogP contribution in [0.2, 0.25) is 0 Å². The van der Waals surface area contributed by atoms with E-state index in [4.69, 9.17) is 0 Å². The van der Waals surface area contributed by atoms with E-state index in [9.17, 15) is 22.4 Å². The van der Waals surface area contributed by atoms with Crippen molar-refractivity contribution in [1.29, 1.82) is 0 Å². The van der Waals surface area contributed by atoms with Crippen LogP contribution in [0.1, 0.15) is 32.3 Å². The van der Waals surface area contributed by atoms with Crippen LogP contribution < -0.4 is 9.62 Å². The van der Waals surface area contributed by atoms with Gasteiger partial charge < -0.3 is 10.2 Å². The summed E-state index contributed by atoms with van der Waals surface area (Å²) in [4.78, 5) is 27.4. The Bertz CT molecular complexity index is 1060. The third-order valence-corrected chi connectivity index (χ3v) is 6.72. The maximum Gasteiger partial charge on any atom is 0.244 e. The molecule has 7 nitrogen and oxygen atoms in total. The lowest BCUT2D eigenvalue weighted by Crippen LogP contribution is -2.51. The second-order valence-electron chi connectivity index (χ2n) is 7.69. The average molecular weight is 542 g/mol. The number of amides is 2. The molecule has 2 aromatic carbocycles. The Balaban J connectivity index is 2.34. The number of nitrogens with one attached hydrogen (secondary N) is 1. The lowest BCUT2D eigenvalue weighted by Gasteiger charge is -2.31. The second-order valence-corrected chi connectivity index (χ2v) is 10.5. The standard InChI is InChI=1S/C23H29BrFN3O4S/c1-4-5-14-26-23(30)17(2)27(15-18-10-12-19(24)13-11-18)22(29)16-28(33(3,31)32)21-9-7-6-8-20(21)25/h6-13,17H,4-5,14-16H2,1-3H3,(H,26,30)/t17-/m0/s1. The third kappa shape index (κ3) is 7.82. The van der Waals surface area contributed by atoms with E-state index in [1.807, 2.05) is 19.1 Å². The van der Waals surface area contributed by atoms with Crippen molar-refractivity contribution in [2.24, 2.45) is 0 Å². The summed E-state index contributed by atoms with van der Waals surface area (Å²) >= 11 is 3.36. The number of para-hydroxylation sites is 1. The van der Waals surface area contributed by atoms with Crippen molar-refractivity contribution in [1.82, 2.24) is 10.2 Å². The highest BCUT2D eigenvalue weighted by Gasteiger charge is 2.30. The lowest BCUT2D eigenvalue weighted by atomic mass is 10.1. The van der Waals surface area contributed by atoms with Crippen LogP contribution in [-0.2, 0) is 26.2 Å². The molecule has 180 valence electrons. The minimum atomic E-state index is -3.97. The molecule has 0 heterocycles. The topological polar surface area (TPSA) is 86.8 Å². The molecule has 2 rings (SSSR count). The van der Waals surface area contributed by atoms with Crippen molar-refractivity contribution in [2.45, 2.75) is 39.3 Å². The normalized spacial score (nSPS) is 12.2. The van der Waals surface area contributed by atoms with Gasteiger partial charge in [0.2, 0.25) is 21.8 Å². The number of hydrogen-bond acceptors (Lipinski definition) is 4.